The summed E-state index contributed by atoms with van der Waals surface area (Å²) in [6.45, 7) is 5.91. The molecule has 0 amide bonds. The van der Waals surface area contributed by atoms with E-state index in [2.05, 4.69) is 16.3 Å². The van der Waals surface area contributed by atoms with Gasteiger partial charge in [-0.1, -0.05) is 17.8 Å². The average molecular weight is 298 g/mol. The van der Waals surface area contributed by atoms with Crippen LogP contribution in [0.1, 0.15) is 6.92 Å². The minimum absolute atomic E-state index is 0.140. The first-order chi connectivity index (χ1) is 9.06. The number of ether oxygens (including phenoxy) is 1. The van der Waals surface area contributed by atoms with Crippen molar-refractivity contribution >= 4 is 32.6 Å². The van der Waals surface area contributed by atoms with Crippen LogP contribution < -0.4 is 10.1 Å². The van der Waals surface area contributed by atoms with Gasteiger partial charge in [0.15, 0.2) is 5.17 Å². The predicted molar refractivity (Wildman–Crippen MR) is 78.5 cm³/mol. The van der Waals surface area contributed by atoms with Gasteiger partial charge in [-0.3, -0.25) is 0 Å². The van der Waals surface area contributed by atoms with Gasteiger partial charge in [0.25, 0.3) is 10.0 Å². The highest BCUT2D eigenvalue weighted by molar-refractivity contribution is 8.15. The lowest BCUT2D eigenvalue weighted by molar-refractivity contribution is 0.339. The first-order valence-corrected chi connectivity index (χ1v) is 8.12. The van der Waals surface area contributed by atoms with Crippen LogP contribution in [0, 0.1) is 0 Å². The molecule has 19 heavy (non-hydrogen) atoms. The Balaban J connectivity index is 2.37. The number of thioether (sulfide) groups is 1. The van der Waals surface area contributed by atoms with Crippen LogP contribution in [0.25, 0.3) is 0 Å². The molecule has 0 spiro atoms. The molecule has 1 heterocycles. The van der Waals surface area contributed by atoms with E-state index in [4.69, 9.17) is 4.74 Å². The van der Waals surface area contributed by atoms with E-state index in [0.717, 1.165) is 0 Å². The maximum Gasteiger partial charge on any atom is 0.286 e. The van der Waals surface area contributed by atoms with Gasteiger partial charge in [0.05, 0.1) is 12.3 Å². The van der Waals surface area contributed by atoms with Gasteiger partial charge in [-0.2, -0.15) is 8.42 Å². The van der Waals surface area contributed by atoms with Gasteiger partial charge in [-0.05, 0) is 19.1 Å². The Morgan fingerprint density at radius 2 is 2.32 bits per heavy atom. The van der Waals surface area contributed by atoms with Crippen molar-refractivity contribution in [1.82, 2.24) is 0 Å². The summed E-state index contributed by atoms with van der Waals surface area (Å²) in [5, 5.41) is 3.35. The molecule has 2 rings (SSSR count). The first kappa shape index (κ1) is 14.0. The summed E-state index contributed by atoms with van der Waals surface area (Å²) >= 11 is 1.29. The fourth-order valence-corrected chi connectivity index (χ4v) is 3.56. The van der Waals surface area contributed by atoms with Crippen LogP contribution >= 0.6 is 11.8 Å². The molecule has 1 aromatic carbocycles. The van der Waals surface area contributed by atoms with Crippen molar-refractivity contribution in [3.8, 4) is 5.75 Å². The van der Waals surface area contributed by atoms with Crippen molar-refractivity contribution in [2.24, 2.45) is 4.40 Å². The summed E-state index contributed by atoms with van der Waals surface area (Å²) in [4.78, 5) is 0.140. The molecule has 0 saturated carbocycles. The number of nitrogens with one attached hydrogen (secondary N) is 1. The normalized spacial score (nSPS) is 15.9. The fourth-order valence-electron chi connectivity index (χ4n) is 1.57. The summed E-state index contributed by atoms with van der Waals surface area (Å²) in [5.41, 5.74) is 0.519. The molecule has 0 unspecified atom stereocenters. The molecule has 0 radical (unpaired) electrons. The molecular weight excluding hydrogens is 284 g/mol. The summed E-state index contributed by atoms with van der Waals surface area (Å²) in [6, 6.07) is 4.90. The van der Waals surface area contributed by atoms with Crippen molar-refractivity contribution in [2.45, 2.75) is 11.8 Å². The number of nitrogens with zero attached hydrogens (tertiary/aromatic N) is 1. The molecular formula is C12H14N2O3S2. The van der Waals surface area contributed by atoms with Gasteiger partial charge in [0.2, 0.25) is 0 Å². The number of hydrogen-bond acceptors (Lipinski definition) is 5. The Kier molecular flexibility index (Phi) is 4.16. The predicted octanol–water partition coefficient (Wildman–Crippen LogP) is 2.47. The van der Waals surface area contributed by atoms with Crippen LogP contribution in [0.15, 0.2) is 40.1 Å². The second-order valence-corrected chi connectivity index (χ2v) is 6.27. The van der Waals surface area contributed by atoms with Crippen LogP contribution in [0.5, 0.6) is 5.75 Å². The van der Waals surface area contributed by atoms with E-state index in [0.29, 0.717) is 29.0 Å². The minimum Gasteiger partial charge on any atom is -0.494 e. The molecule has 7 heteroatoms. The minimum atomic E-state index is -3.67. The largest absolute Gasteiger partial charge is 0.494 e. The number of amidine groups is 1. The zero-order chi connectivity index (χ0) is 13.9. The Labute approximate surface area is 116 Å². The molecule has 0 aliphatic carbocycles. The van der Waals surface area contributed by atoms with Crippen molar-refractivity contribution in [3.63, 3.8) is 0 Å². The molecule has 1 aliphatic rings. The monoisotopic (exact) mass is 298 g/mol. The zero-order valence-corrected chi connectivity index (χ0v) is 12.1. The second kappa shape index (κ2) is 5.66. The lowest BCUT2D eigenvalue weighted by Gasteiger charge is -2.18. The van der Waals surface area contributed by atoms with Crippen molar-refractivity contribution in [1.29, 1.82) is 0 Å². The van der Waals surface area contributed by atoms with Gasteiger partial charge in [0, 0.05) is 11.8 Å². The summed E-state index contributed by atoms with van der Waals surface area (Å²) in [7, 11) is -3.67. The summed E-state index contributed by atoms with van der Waals surface area (Å²) < 4.78 is 33.2. The highest BCUT2D eigenvalue weighted by Gasteiger charge is 2.25. The van der Waals surface area contributed by atoms with Crippen molar-refractivity contribution in [2.75, 3.05) is 17.7 Å². The van der Waals surface area contributed by atoms with Gasteiger partial charge in [-0.25, -0.2) is 0 Å². The maximum absolute atomic E-state index is 12.1. The number of sulfonamides is 1. The van der Waals surface area contributed by atoms with E-state index in [1.54, 1.807) is 18.2 Å². The molecule has 0 aromatic heterocycles. The van der Waals surface area contributed by atoms with Gasteiger partial charge in [-0.15, -0.1) is 11.0 Å². The molecule has 102 valence electrons. The number of hydrogen-bond donors (Lipinski definition) is 1. The smallest absolute Gasteiger partial charge is 0.286 e. The van der Waals surface area contributed by atoms with Gasteiger partial charge < -0.3 is 10.1 Å². The molecule has 1 aromatic rings. The maximum atomic E-state index is 12.1. The molecule has 1 N–H and O–H groups in total. The first-order valence-electron chi connectivity index (χ1n) is 5.69. The Morgan fingerprint density at radius 3 is 3.00 bits per heavy atom. The van der Waals surface area contributed by atoms with E-state index in [9.17, 15) is 8.42 Å². The Bertz CT molecular complexity index is 624. The standard InChI is InChI=1S/C12H14N2O3S2/c1-3-7-18-12-13-10-6-5-9(17-4-2)8-11(10)19(15,16)14-12/h3,5-6,8H,1,4,7H2,2H3,(H,13,14). The zero-order valence-electron chi connectivity index (χ0n) is 10.4. The van der Waals surface area contributed by atoms with Gasteiger partial charge >= 0.3 is 0 Å². The molecule has 0 saturated heterocycles. The van der Waals surface area contributed by atoms with E-state index < -0.39 is 10.0 Å². The van der Waals surface area contributed by atoms with Crippen molar-refractivity contribution in [3.05, 3.63) is 30.9 Å². The lowest BCUT2D eigenvalue weighted by Crippen LogP contribution is -2.19. The van der Waals surface area contributed by atoms with Crippen LogP contribution in [0.3, 0.4) is 0 Å². The highest BCUT2D eigenvalue weighted by Crippen LogP contribution is 2.32. The summed E-state index contributed by atoms with van der Waals surface area (Å²) in [5.74, 6) is 1.11. The van der Waals surface area contributed by atoms with E-state index in [1.165, 1.54) is 17.8 Å². The number of fused-ring (bicyclic) bond motifs is 1. The average Bonchev–Trinajstić information content (AvgIpc) is 2.37. The van der Waals surface area contributed by atoms with Crippen LogP contribution in [-0.4, -0.2) is 25.9 Å². The Hall–Kier alpha value is -1.47. The summed E-state index contributed by atoms with van der Waals surface area (Å²) in [6.07, 6.45) is 1.69. The second-order valence-electron chi connectivity index (χ2n) is 3.69. The van der Waals surface area contributed by atoms with Crippen LogP contribution in [-0.2, 0) is 10.0 Å². The van der Waals surface area contributed by atoms with E-state index in [1.807, 2.05) is 6.92 Å². The third kappa shape index (κ3) is 3.10. The van der Waals surface area contributed by atoms with Crippen LogP contribution in [0.2, 0.25) is 0 Å². The number of rotatable bonds is 4. The third-order valence-electron chi connectivity index (χ3n) is 2.32. The quantitative estimate of drug-likeness (QED) is 0.865. The molecule has 1 aliphatic heterocycles. The van der Waals surface area contributed by atoms with E-state index in [-0.39, 0.29) is 4.90 Å². The topological polar surface area (TPSA) is 67.8 Å². The van der Waals surface area contributed by atoms with Crippen molar-refractivity contribution < 1.29 is 13.2 Å². The molecule has 0 fully saturated rings. The SMILES string of the molecule is C=CCSC1=NS(=O)(=O)c2cc(OCC)ccc2N1. The highest BCUT2D eigenvalue weighted by atomic mass is 32.2. The number of anilines is 1. The number of benzene rings is 1. The van der Waals surface area contributed by atoms with Crippen LogP contribution in [0.4, 0.5) is 5.69 Å². The Morgan fingerprint density at radius 1 is 1.53 bits per heavy atom. The molecule has 0 atom stereocenters. The third-order valence-corrected chi connectivity index (χ3v) is 4.63. The lowest BCUT2D eigenvalue weighted by atomic mass is 10.3. The molecule has 0 bridgehead atoms. The fraction of sp³-hybridized carbons (Fsp3) is 0.250. The van der Waals surface area contributed by atoms with E-state index >= 15 is 0 Å². The molecule has 5 nitrogen and oxygen atoms in total. The van der Waals surface area contributed by atoms with Gasteiger partial charge in [0.1, 0.15) is 10.6 Å².